The largest absolute Gasteiger partial charge is 0.624 e. The second-order valence-corrected chi connectivity index (χ2v) is 8.40. The van der Waals surface area contributed by atoms with Crippen LogP contribution in [0.25, 0.3) is 0 Å². The average Bonchev–Trinajstić information content (AvgIpc) is 3.40. The minimum absolute atomic E-state index is 0.0378. The molecular weight excluding hydrogens is 458 g/mol. The molecule has 13 nitrogen and oxygen atoms in total. The van der Waals surface area contributed by atoms with Crippen LogP contribution in [0.2, 0.25) is 0 Å². The van der Waals surface area contributed by atoms with Gasteiger partial charge in [0, 0.05) is 30.6 Å². The second-order valence-electron chi connectivity index (χ2n) is 8.40. The number of amides is 3. The predicted molar refractivity (Wildman–Crippen MR) is 122 cm³/mol. The van der Waals surface area contributed by atoms with Crippen LogP contribution in [0, 0.1) is 5.21 Å². The maximum Gasteiger partial charge on any atom is 0.347 e. The van der Waals surface area contributed by atoms with Gasteiger partial charge >= 0.3 is 5.91 Å². The van der Waals surface area contributed by atoms with Crippen molar-refractivity contribution in [2.75, 3.05) is 38.3 Å². The number of piperidine rings is 1. The summed E-state index contributed by atoms with van der Waals surface area (Å²) in [6.07, 6.45) is 1.87. The molecule has 13 heteroatoms. The van der Waals surface area contributed by atoms with Crippen molar-refractivity contribution in [3.63, 3.8) is 0 Å². The van der Waals surface area contributed by atoms with Crippen molar-refractivity contribution in [2.24, 2.45) is 5.73 Å². The van der Waals surface area contributed by atoms with Crippen molar-refractivity contribution in [3.8, 4) is 0 Å². The van der Waals surface area contributed by atoms with E-state index >= 15 is 0 Å². The molecule has 0 aliphatic carbocycles. The van der Waals surface area contributed by atoms with E-state index in [9.17, 15) is 19.6 Å². The highest BCUT2D eigenvalue weighted by molar-refractivity contribution is 6.02. The van der Waals surface area contributed by atoms with E-state index in [1.165, 1.54) is 0 Å². The number of anilines is 1. The zero-order chi connectivity index (χ0) is 24.8. The van der Waals surface area contributed by atoms with Crippen LogP contribution in [0.1, 0.15) is 34.5 Å². The summed E-state index contributed by atoms with van der Waals surface area (Å²) < 4.78 is 11.1. The van der Waals surface area contributed by atoms with E-state index in [1.54, 1.807) is 29.1 Å². The lowest BCUT2D eigenvalue weighted by Gasteiger charge is -2.42. The van der Waals surface area contributed by atoms with Gasteiger partial charge in [-0.2, -0.15) is 0 Å². The first-order valence-electron chi connectivity index (χ1n) is 11.5. The fourth-order valence-electron chi connectivity index (χ4n) is 4.24. The number of aromatic nitrogens is 3. The molecule has 0 radical (unpaired) electrons. The highest BCUT2D eigenvalue weighted by atomic mass is 16.6. The molecule has 1 fully saturated rings. The molecule has 2 aliphatic rings. The van der Waals surface area contributed by atoms with Gasteiger partial charge in [-0.05, 0) is 12.1 Å². The van der Waals surface area contributed by atoms with Gasteiger partial charge in [-0.3, -0.25) is 19.6 Å². The molecule has 1 aromatic heterocycles. The molecule has 4 rings (SSSR count). The summed E-state index contributed by atoms with van der Waals surface area (Å²) in [5.74, 6) is -1.80. The van der Waals surface area contributed by atoms with Crippen LogP contribution in [0.3, 0.4) is 0 Å². The number of carbonyl (C=O) groups excluding carboxylic acids is 3. The minimum Gasteiger partial charge on any atom is -0.624 e. The zero-order valence-corrected chi connectivity index (χ0v) is 19.3. The van der Waals surface area contributed by atoms with Crippen LogP contribution in [0.4, 0.5) is 5.69 Å². The molecule has 2 aromatic rings. The molecule has 188 valence electrons. The highest BCUT2D eigenvalue weighted by Gasteiger charge is 2.50. The Hall–Kier alpha value is -3.23. The molecule has 0 spiro atoms. The molecule has 0 saturated carbocycles. The Bertz CT molecular complexity index is 1090. The van der Waals surface area contributed by atoms with Gasteiger partial charge in [0.15, 0.2) is 6.04 Å². The van der Waals surface area contributed by atoms with Gasteiger partial charge < -0.3 is 25.7 Å². The Morgan fingerprint density at radius 3 is 2.77 bits per heavy atom. The monoisotopic (exact) mass is 487 g/mol. The van der Waals surface area contributed by atoms with Gasteiger partial charge in [0.2, 0.25) is 5.91 Å². The average molecular weight is 488 g/mol. The maximum atomic E-state index is 13.5. The lowest BCUT2D eigenvalue weighted by atomic mass is 10.0. The van der Waals surface area contributed by atoms with E-state index in [1.807, 2.05) is 0 Å². The van der Waals surface area contributed by atoms with Crippen molar-refractivity contribution < 1.29 is 28.5 Å². The number of hydrogen-bond acceptors (Lipinski definition) is 10. The molecule has 35 heavy (non-hydrogen) atoms. The number of imide groups is 1. The number of benzene rings is 1. The minimum atomic E-state index is -1.32. The van der Waals surface area contributed by atoms with E-state index in [2.05, 4.69) is 20.9 Å². The Labute approximate surface area is 201 Å². The van der Waals surface area contributed by atoms with Gasteiger partial charge in [-0.25, -0.2) is 9.48 Å². The molecule has 2 atom stereocenters. The molecule has 2 unspecified atom stereocenters. The number of hydrogen-bond donors (Lipinski definition) is 3. The molecule has 2 aliphatic heterocycles. The lowest BCUT2D eigenvalue weighted by Crippen LogP contribution is -2.60. The van der Waals surface area contributed by atoms with Crippen LogP contribution in [-0.4, -0.2) is 76.4 Å². The third-order valence-corrected chi connectivity index (χ3v) is 6.00. The number of nitrogens with two attached hydrogens (primary N) is 1. The second kappa shape index (κ2) is 11.0. The van der Waals surface area contributed by atoms with Crippen LogP contribution < -0.4 is 16.4 Å². The summed E-state index contributed by atoms with van der Waals surface area (Å²) in [5, 5.41) is 27.1. The number of carbonyl (C=O) groups is 3. The summed E-state index contributed by atoms with van der Waals surface area (Å²) >= 11 is 0. The Balaban J connectivity index is 1.33. The van der Waals surface area contributed by atoms with E-state index in [0.717, 1.165) is 0 Å². The normalized spacial score (nSPS) is 21.8. The summed E-state index contributed by atoms with van der Waals surface area (Å²) in [4.78, 5) is 36.8. The predicted octanol–water partition coefficient (Wildman–Crippen LogP) is -0.344. The van der Waals surface area contributed by atoms with Gasteiger partial charge in [0.1, 0.15) is 12.2 Å². The van der Waals surface area contributed by atoms with E-state index in [0.29, 0.717) is 63.0 Å². The van der Waals surface area contributed by atoms with Crippen LogP contribution in [0.5, 0.6) is 0 Å². The third kappa shape index (κ3) is 5.55. The van der Waals surface area contributed by atoms with Crippen molar-refractivity contribution in [2.45, 2.75) is 38.5 Å². The fourth-order valence-corrected chi connectivity index (χ4v) is 4.24. The number of nitrogens with zero attached hydrogens (tertiary/aromatic N) is 4. The molecule has 1 saturated heterocycles. The number of rotatable bonds is 12. The van der Waals surface area contributed by atoms with Crippen LogP contribution >= 0.6 is 0 Å². The summed E-state index contributed by atoms with van der Waals surface area (Å²) in [5.41, 5.74) is 7.48. The number of fused-ring (bicyclic) bond motifs is 1. The third-order valence-electron chi connectivity index (χ3n) is 6.00. The van der Waals surface area contributed by atoms with Gasteiger partial charge in [0.05, 0.1) is 51.3 Å². The topological polar surface area (TPSA) is 174 Å². The first-order valence-corrected chi connectivity index (χ1v) is 11.5. The fraction of sp³-hybridized carbons (Fsp3) is 0.500. The quantitative estimate of drug-likeness (QED) is 0.155. The molecular formula is C22H29N7O6. The van der Waals surface area contributed by atoms with Gasteiger partial charge in [-0.15, -0.1) is 5.10 Å². The molecule has 3 heterocycles. The highest BCUT2D eigenvalue weighted by Crippen LogP contribution is 2.37. The van der Waals surface area contributed by atoms with Gasteiger partial charge in [0.25, 0.3) is 5.91 Å². The standard InChI is InChI=1S/C22H29N7O6/c23-6-8-34-10-11-35-9-7-28-13-15(26-27-28)12-24-18-3-1-2-16-17(18)14-29(33,22(16)32)19-4-5-20(30)25-21(19)31/h1-3,13,19,24H,4-12,14,23H2,(H,25,30,31). The van der Waals surface area contributed by atoms with Crippen LogP contribution in [-0.2, 0) is 38.7 Å². The molecule has 4 N–H and O–H groups in total. The summed E-state index contributed by atoms with van der Waals surface area (Å²) in [6, 6.07) is 3.90. The van der Waals surface area contributed by atoms with E-state index in [4.69, 9.17) is 15.2 Å². The van der Waals surface area contributed by atoms with E-state index in [-0.39, 0.29) is 24.9 Å². The lowest BCUT2D eigenvalue weighted by molar-refractivity contribution is -0.825. The Morgan fingerprint density at radius 2 is 2.00 bits per heavy atom. The van der Waals surface area contributed by atoms with Gasteiger partial charge in [-0.1, -0.05) is 11.3 Å². The summed E-state index contributed by atoms with van der Waals surface area (Å²) in [6.45, 7) is 3.09. The Morgan fingerprint density at radius 1 is 1.20 bits per heavy atom. The number of hydroxylamine groups is 3. The molecule has 0 bridgehead atoms. The Kier molecular flexibility index (Phi) is 7.83. The number of ether oxygens (including phenoxy) is 2. The maximum absolute atomic E-state index is 13.5. The first kappa shape index (κ1) is 24.9. The molecule has 1 aromatic carbocycles. The number of quaternary nitrogens is 1. The van der Waals surface area contributed by atoms with Crippen LogP contribution in [0.15, 0.2) is 24.4 Å². The molecule has 3 amide bonds. The smallest absolute Gasteiger partial charge is 0.347 e. The van der Waals surface area contributed by atoms with Crippen molar-refractivity contribution in [1.82, 2.24) is 20.3 Å². The van der Waals surface area contributed by atoms with Crippen molar-refractivity contribution in [3.05, 3.63) is 46.4 Å². The van der Waals surface area contributed by atoms with Crippen molar-refractivity contribution >= 4 is 23.4 Å². The summed E-state index contributed by atoms with van der Waals surface area (Å²) in [7, 11) is 0. The van der Waals surface area contributed by atoms with E-state index < -0.39 is 28.4 Å². The zero-order valence-electron chi connectivity index (χ0n) is 19.3. The van der Waals surface area contributed by atoms with Crippen molar-refractivity contribution in [1.29, 1.82) is 0 Å². The number of nitrogens with one attached hydrogen (secondary N) is 2. The first-order chi connectivity index (χ1) is 16.9. The SMILES string of the molecule is NCCOCCOCCn1cc(CNc2cccc3c2C[N+]([O-])(C2CCC(=O)NC2=O)C3=O)nn1.